The summed E-state index contributed by atoms with van der Waals surface area (Å²) in [6.45, 7) is 2.45. The number of nitrogens with zero attached hydrogens (tertiary/aromatic N) is 1. The number of rotatable bonds is 4. The Hall–Kier alpha value is -1.55. The molecular formula is C17H24N2O2. The lowest BCUT2D eigenvalue weighted by atomic mass is 9.93. The quantitative estimate of drug-likeness (QED) is 0.864. The van der Waals surface area contributed by atoms with Gasteiger partial charge in [0.15, 0.2) is 0 Å². The molecule has 1 aromatic rings. The number of amides is 1. The fourth-order valence-corrected chi connectivity index (χ4v) is 3.34. The van der Waals surface area contributed by atoms with Gasteiger partial charge in [0.1, 0.15) is 0 Å². The number of carbonyl (C=O) groups excluding carboxylic acids is 1. The van der Waals surface area contributed by atoms with Crippen molar-refractivity contribution < 1.29 is 9.53 Å². The van der Waals surface area contributed by atoms with Crippen LogP contribution in [0.3, 0.4) is 0 Å². The third kappa shape index (κ3) is 2.91. The molecule has 2 aliphatic rings. The molecule has 0 radical (unpaired) electrons. The molecule has 3 rings (SSSR count). The highest BCUT2D eigenvalue weighted by atomic mass is 16.5. The van der Waals surface area contributed by atoms with Crippen LogP contribution in [0.2, 0.25) is 0 Å². The van der Waals surface area contributed by atoms with E-state index < -0.39 is 0 Å². The zero-order chi connectivity index (χ0) is 14.9. The predicted molar refractivity (Wildman–Crippen MR) is 82.9 cm³/mol. The summed E-state index contributed by atoms with van der Waals surface area (Å²) >= 11 is 0. The van der Waals surface area contributed by atoms with Crippen molar-refractivity contribution in [2.75, 3.05) is 32.5 Å². The van der Waals surface area contributed by atoms with E-state index in [1.165, 1.54) is 0 Å². The molecule has 114 valence electrons. The van der Waals surface area contributed by atoms with Crippen molar-refractivity contribution in [2.45, 2.75) is 31.1 Å². The number of nitrogens with two attached hydrogens (primary N) is 1. The van der Waals surface area contributed by atoms with Crippen LogP contribution in [0.15, 0.2) is 24.3 Å². The number of anilines is 1. The lowest BCUT2D eigenvalue weighted by Gasteiger charge is -2.30. The van der Waals surface area contributed by atoms with E-state index in [0.29, 0.717) is 5.92 Å². The van der Waals surface area contributed by atoms with E-state index in [4.69, 9.17) is 10.5 Å². The summed E-state index contributed by atoms with van der Waals surface area (Å²) in [4.78, 5) is 14.7. The molecule has 1 unspecified atom stereocenters. The van der Waals surface area contributed by atoms with Crippen LogP contribution in [0.4, 0.5) is 5.69 Å². The molecule has 1 amide bonds. The second-order valence-corrected chi connectivity index (χ2v) is 6.47. The van der Waals surface area contributed by atoms with Crippen LogP contribution >= 0.6 is 0 Å². The zero-order valence-corrected chi connectivity index (χ0v) is 12.7. The van der Waals surface area contributed by atoms with Crippen molar-refractivity contribution in [3.63, 3.8) is 0 Å². The summed E-state index contributed by atoms with van der Waals surface area (Å²) in [5.74, 6) is 0.729. The maximum absolute atomic E-state index is 12.8. The molecule has 1 heterocycles. The summed E-state index contributed by atoms with van der Waals surface area (Å²) < 4.78 is 5.51. The van der Waals surface area contributed by atoms with E-state index in [1.807, 2.05) is 36.2 Å². The van der Waals surface area contributed by atoms with Gasteiger partial charge in [-0.2, -0.15) is 0 Å². The van der Waals surface area contributed by atoms with E-state index >= 15 is 0 Å². The van der Waals surface area contributed by atoms with Crippen molar-refractivity contribution in [2.24, 2.45) is 5.92 Å². The van der Waals surface area contributed by atoms with Crippen LogP contribution in [0.5, 0.6) is 0 Å². The second-order valence-electron chi connectivity index (χ2n) is 6.47. The average molecular weight is 288 g/mol. The topological polar surface area (TPSA) is 55.6 Å². The molecule has 1 aromatic carbocycles. The summed E-state index contributed by atoms with van der Waals surface area (Å²) in [6.07, 6.45) is 4.16. The lowest BCUT2D eigenvalue weighted by Crippen LogP contribution is -2.40. The highest BCUT2D eigenvalue weighted by molar-refractivity contribution is 5.91. The van der Waals surface area contributed by atoms with Crippen molar-refractivity contribution >= 4 is 11.6 Å². The Morgan fingerprint density at radius 3 is 2.67 bits per heavy atom. The van der Waals surface area contributed by atoms with Crippen molar-refractivity contribution in [3.05, 3.63) is 29.8 Å². The number of carbonyl (C=O) groups is 1. The zero-order valence-electron chi connectivity index (χ0n) is 12.7. The third-order valence-electron chi connectivity index (χ3n) is 4.76. The summed E-state index contributed by atoms with van der Waals surface area (Å²) in [7, 11) is 1.92. The first kappa shape index (κ1) is 14.4. The fraction of sp³-hybridized carbons (Fsp3) is 0.588. The first-order valence-corrected chi connectivity index (χ1v) is 7.81. The minimum Gasteiger partial charge on any atom is -0.399 e. The summed E-state index contributed by atoms with van der Waals surface area (Å²) in [5, 5.41) is 0. The Kier molecular flexibility index (Phi) is 3.89. The van der Waals surface area contributed by atoms with Crippen molar-refractivity contribution in [1.29, 1.82) is 0 Å². The highest BCUT2D eigenvalue weighted by Crippen LogP contribution is 2.49. The Bertz CT molecular complexity index is 502. The molecule has 4 nitrogen and oxygen atoms in total. The number of nitrogen functional groups attached to an aromatic ring is 1. The minimum absolute atomic E-state index is 0.248. The molecule has 1 atom stereocenters. The van der Waals surface area contributed by atoms with Gasteiger partial charge >= 0.3 is 0 Å². The van der Waals surface area contributed by atoms with E-state index in [0.717, 1.165) is 56.7 Å². The predicted octanol–water partition coefficient (Wildman–Crippen LogP) is 2.19. The van der Waals surface area contributed by atoms with E-state index in [-0.39, 0.29) is 11.3 Å². The summed E-state index contributed by atoms with van der Waals surface area (Å²) in [5.41, 5.74) is 7.30. The van der Waals surface area contributed by atoms with Crippen LogP contribution in [0.1, 0.15) is 31.2 Å². The Balaban J connectivity index is 1.67. The maximum atomic E-state index is 12.8. The first-order chi connectivity index (χ1) is 10.1. The standard InChI is InChI=1S/C17H24N2O2/c1-19(11-13-3-2-10-21-12-13)16(20)17(8-9-17)14-4-6-15(18)7-5-14/h4-7,13H,2-3,8-12,18H2,1H3. The van der Waals surface area contributed by atoms with Gasteiger partial charge < -0.3 is 15.4 Å². The van der Waals surface area contributed by atoms with Gasteiger partial charge in [0, 0.05) is 25.9 Å². The fourth-order valence-electron chi connectivity index (χ4n) is 3.34. The Morgan fingerprint density at radius 2 is 2.10 bits per heavy atom. The molecular weight excluding hydrogens is 264 g/mol. The lowest BCUT2D eigenvalue weighted by molar-refractivity contribution is -0.133. The van der Waals surface area contributed by atoms with E-state index in [2.05, 4.69) is 0 Å². The molecule has 1 aliphatic carbocycles. The smallest absolute Gasteiger partial charge is 0.232 e. The molecule has 2 N–H and O–H groups in total. The number of hydrogen-bond acceptors (Lipinski definition) is 3. The Labute approximate surface area is 126 Å². The van der Waals surface area contributed by atoms with Crippen LogP contribution in [0.25, 0.3) is 0 Å². The van der Waals surface area contributed by atoms with Gasteiger partial charge in [-0.15, -0.1) is 0 Å². The van der Waals surface area contributed by atoms with Crippen LogP contribution in [0, 0.1) is 5.92 Å². The third-order valence-corrected chi connectivity index (χ3v) is 4.76. The van der Waals surface area contributed by atoms with Crippen molar-refractivity contribution in [3.8, 4) is 0 Å². The van der Waals surface area contributed by atoms with Gasteiger partial charge in [-0.1, -0.05) is 12.1 Å². The van der Waals surface area contributed by atoms with E-state index in [1.54, 1.807) is 0 Å². The van der Waals surface area contributed by atoms with Gasteiger partial charge in [0.25, 0.3) is 0 Å². The normalized spacial score (nSPS) is 23.6. The number of hydrogen-bond donors (Lipinski definition) is 1. The maximum Gasteiger partial charge on any atom is 0.232 e. The molecule has 1 aliphatic heterocycles. The number of likely N-dealkylation sites (N-methyl/N-ethyl adjacent to an activating group) is 1. The number of ether oxygens (including phenoxy) is 1. The van der Waals surface area contributed by atoms with Gasteiger partial charge in [-0.25, -0.2) is 0 Å². The van der Waals surface area contributed by atoms with Crippen molar-refractivity contribution in [1.82, 2.24) is 4.90 Å². The molecule has 21 heavy (non-hydrogen) atoms. The van der Waals surface area contributed by atoms with Crippen LogP contribution in [-0.4, -0.2) is 37.6 Å². The molecule has 0 spiro atoms. The minimum atomic E-state index is -0.294. The average Bonchev–Trinajstić information content (AvgIpc) is 3.30. The molecule has 1 saturated heterocycles. The Morgan fingerprint density at radius 1 is 1.38 bits per heavy atom. The van der Waals surface area contributed by atoms with Gasteiger partial charge in [-0.05, 0) is 49.3 Å². The van der Waals surface area contributed by atoms with E-state index in [9.17, 15) is 4.79 Å². The molecule has 4 heteroatoms. The molecule has 1 saturated carbocycles. The highest BCUT2D eigenvalue weighted by Gasteiger charge is 2.52. The van der Waals surface area contributed by atoms with Crippen LogP contribution in [-0.2, 0) is 14.9 Å². The van der Waals surface area contributed by atoms with Gasteiger partial charge in [-0.3, -0.25) is 4.79 Å². The largest absolute Gasteiger partial charge is 0.399 e. The van der Waals surface area contributed by atoms with Gasteiger partial charge in [0.2, 0.25) is 5.91 Å². The SMILES string of the molecule is CN(CC1CCCOC1)C(=O)C1(c2ccc(N)cc2)CC1. The second kappa shape index (κ2) is 5.68. The van der Waals surface area contributed by atoms with Crippen LogP contribution < -0.4 is 5.73 Å². The van der Waals surface area contributed by atoms with Gasteiger partial charge in [0.05, 0.1) is 12.0 Å². The molecule has 2 fully saturated rings. The number of benzene rings is 1. The summed E-state index contributed by atoms with van der Waals surface area (Å²) in [6, 6.07) is 7.77. The monoisotopic (exact) mass is 288 g/mol. The first-order valence-electron chi connectivity index (χ1n) is 7.81. The molecule has 0 bridgehead atoms. The molecule has 0 aromatic heterocycles.